The predicted octanol–water partition coefficient (Wildman–Crippen LogP) is 5.30. The predicted molar refractivity (Wildman–Crippen MR) is 84.0 cm³/mol. The zero-order chi connectivity index (χ0) is 13.7. The normalized spacial score (nSPS) is 11.9. The Balaban J connectivity index is 2.66. The third-order valence-electron chi connectivity index (χ3n) is 3.97. The molecule has 1 aromatic heterocycles. The SMILES string of the molecule is Cc1cc(C)c2c(c1)c1cccc(C)c1n2C(C)C. The van der Waals surface area contributed by atoms with E-state index in [4.69, 9.17) is 0 Å². The monoisotopic (exact) mass is 251 g/mol. The second-order valence-electron chi connectivity index (χ2n) is 5.91. The van der Waals surface area contributed by atoms with Crippen molar-refractivity contribution in [3.8, 4) is 0 Å². The number of rotatable bonds is 1. The standard InChI is InChI=1S/C18H21N/c1-11(2)19-17-13(4)7-6-8-15(17)16-10-12(3)9-14(5)18(16)19/h6-11H,1-5H3. The Morgan fingerprint density at radius 3 is 2.21 bits per heavy atom. The number of para-hydroxylation sites is 1. The van der Waals surface area contributed by atoms with E-state index in [-0.39, 0.29) is 0 Å². The number of hydrogen-bond acceptors (Lipinski definition) is 0. The van der Waals surface area contributed by atoms with E-state index in [0.29, 0.717) is 6.04 Å². The number of nitrogens with zero attached hydrogens (tertiary/aromatic N) is 1. The second kappa shape index (κ2) is 4.12. The second-order valence-corrected chi connectivity index (χ2v) is 5.91. The van der Waals surface area contributed by atoms with Crippen LogP contribution in [0.25, 0.3) is 21.8 Å². The van der Waals surface area contributed by atoms with Crippen LogP contribution in [-0.4, -0.2) is 4.57 Å². The molecular weight excluding hydrogens is 230 g/mol. The fourth-order valence-corrected chi connectivity index (χ4v) is 3.31. The lowest BCUT2D eigenvalue weighted by Crippen LogP contribution is -2.02. The third-order valence-corrected chi connectivity index (χ3v) is 3.97. The summed E-state index contributed by atoms with van der Waals surface area (Å²) in [5, 5.41) is 2.78. The molecule has 0 radical (unpaired) electrons. The topological polar surface area (TPSA) is 4.93 Å². The van der Waals surface area contributed by atoms with Crippen molar-refractivity contribution in [1.82, 2.24) is 4.57 Å². The summed E-state index contributed by atoms with van der Waals surface area (Å²) in [7, 11) is 0. The average Bonchev–Trinajstić information content (AvgIpc) is 2.66. The fraction of sp³-hybridized carbons (Fsp3) is 0.333. The quantitative estimate of drug-likeness (QED) is 0.553. The summed E-state index contributed by atoms with van der Waals surface area (Å²) in [6.07, 6.45) is 0. The van der Waals surface area contributed by atoms with Gasteiger partial charge in [-0.1, -0.05) is 29.8 Å². The van der Waals surface area contributed by atoms with Crippen molar-refractivity contribution in [3.05, 3.63) is 47.0 Å². The van der Waals surface area contributed by atoms with Crippen molar-refractivity contribution in [1.29, 1.82) is 0 Å². The minimum absolute atomic E-state index is 0.475. The first-order valence-corrected chi connectivity index (χ1v) is 7.01. The highest BCUT2D eigenvalue weighted by Gasteiger charge is 2.16. The molecule has 0 bridgehead atoms. The molecule has 0 saturated carbocycles. The number of benzene rings is 2. The van der Waals surface area contributed by atoms with E-state index in [9.17, 15) is 0 Å². The smallest absolute Gasteiger partial charge is 0.0523 e. The van der Waals surface area contributed by atoms with E-state index in [1.54, 1.807) is 0 Å². The lowest BCUT2D eigenvalue weighted by atomic mass is 10.1. The molecule has 0 aliphatic heterocycles. The van der Waals surface area contributed by atoms with Gasteiger partial charge in [-0.3, -0.25) is 0 Å². The first-order chi connectivity index (χ1) is 9.00. The van der Waals surface area contributed by atoms with Crippen LogP contribution in [0.5, 0.6) is 0 Å². The van der Waals surface area contributed by atoms with Crippen molar-refractivity contribution in [2.24, 2.45) is 0 Å². The van der Waals surface area contributed by atoms with Gasteiger partial charge in [-0.25, -0.2) is 0 Å². The van der Waals surface area contributed by atoms with Crippen LogP contribution in [-0.2, 0) is 0 Å². The fourth-order valence-electron chi connectivity index (χ4n) is 3.31. The molecule has 0 unspecified atom stereocenters. The molecule has 0 N–H and O–H groups in total. The summed E-state index contributed by atoms with van der Waals surface area (Å²) in [5.74, 6) is 0. The van der Waals surface area contributed by atoms with Gasteiger partial charge >= 0.3 is 0 Å². The maximum absolute atomic E-state index is 2.49. The first kappa shape index (κ1) is 12.3. The highest BCUT2D eigenvalue weighted by atomic mass is 15.0. The van der Waals surface area contributed by atoms with E-state index in [0.717, 1.165) is 0 Å². The maximum Gasteiger partial charge on any atom is 0.0523 e. The molecule has 19 heavy (non-hydrogen) atoms. The van der Waals surface area contributed by atoms with Crippen molar-refractivity contribution >= 4 is 21.8 Å². The highest BCUT2D eigenvalue weighted by molar-refractivity contribution is 6.10. The Bertz CT molecular complexity index is 775. The molecule has 0 aliphatic rings. The lowest BCUT2D eigenvalue weighted by molar-refractivity contribution is 0.640. The molecule has 0 aliphatic carbocycles. The van der Waals surface area contributed by atoms with Gasteiger partial charge < -0.3 is 4.57 Å². The van der Waals surface area contributed by atoms with Gasteiger partial charge in [0.15, 0.2) is 0 Å². The van der Waals surface area contributed by atoms with Gasteiger partial charge in [-0.2, -0.15) is 0 Å². The van der Waals surface area contributed by atoms with Crippen LogP contribution in [0, 0.1) is 20.8 Å². The number of hydrogen-bond donors (Lipinski definition) is 0. The summed E-state index contributed by atoms with van der Waals surface area (Å²) in [6, 6.07) is 11.7. The minimum Gasteiger partial charge on any atom is -0.337 e. The van der Waals surface area contributed by atoms with Crippen LogP contribution in [0.1, 0.15) is 36.6 Å². The minimum atomic E-state index is 0.475. The summed E-state index contributed by atoms with van der Waals surface area (Å²) in [6.45, 7) is 11.2. The molecular formula is C18H21N. The van der Waals surface area contributed by atoms with E-state index < -0.39 is 0 Å². The van der Waals surface area contributed by atoms with Gasteiger partial charge in [0.1, 0.15) is 0 Å². The van der Waals surface area contributed by atoms with Crippen LogP contribution < -0.4 is 0 Å². The lowest BCUT2D eigenvalue weighted by Gasteiger charge is -2.14. The molecule has 1 heterocycles. The molecule has 98 valence electrons. The van der Waals surface area contributed by atoms with Gasteiger partial charge in [-0.05, 0) is 51.8 Å². The molecule has 0 saturated heterocycles. The molecule has 0 spiro atoms. The maximum atomic E-state index is 2.49. The highest BCUT2D eigenvalue weighted by Crippen LogP contribution is 2.35. The number of aromatic nitrogens is 1. The molecule has 0 amide bonds. The molecule has 0 atom stereocenters. The molecule has 2 aromatic carbocycles. The van der Waals surface area contributed by atoms with Crippen LogP contribution in [0.4, 0.5) is 0 Å². The number of aryl methyl sites for hydroxylation is 3. The van der Waals surface area contributed by atoms with Gasteiger partial charge in [0.25, 0.3) is 0 Å². The molecule has 1 nitrogen and oxygen atoms in total. The molecule has 3 rings (SSSR count). The van der Waals surface area contributed by atoms with Crippen molar-refractivity contribution in [2.45, 2.75) is 40.7 Å². The average molecular weight is 251 g/mol. The summed E-state index contributed by atoms with van der Waals surface area (Å²) in [5.41, 5.74) is 6.86. The van der Waals surface area contributed by atoms with E-state index in [2.05, 4.69) is 69.5 Å². The van der Waals surface area contributed by atoms with Crippen molar-refractivity contribution in [2.75, 3.05) is 0 Å². The zero-order valence-corrected chi connectivity index (χ0v) is 12.4. The van der Waals surface area contributed by atoms with Gasteiger partial charge in [0, 0.05) is 16.8 Å². The van der Waals surface area contributed by atoms with Crippen LogP contribution in [0.3, 0.4) is 0 Å². The summed E-state index contributed by atoms with van der Waals surface area (Å²) >= 11 is 0. The van der Waals surface area contributed by atoms with Gasteiger partial charge in [-0.15, -0.1) is 0 Å². The number of fused-ring (bicyclic) bond motifs is 3. The largest absolute Gasteiger partial charge is 0.337 e. The van der Waals surface area contributed by atoms with E-state index in [1.807, 2.05) is 0 Å². The molecule has 1 heteroatoms. The van der Waals surface area contributed by atoms with Crippen LogP contribution in [0.15, 0.2) is 30.3 Å². The zero-order valence-electron chi connectivity index (χ0n) is 12.4. The first-order valence-electron chi connectivity index (χ1n) is 7.01. The van der Waals surface area contributed by atoms with Crippen LogP contribution in [0.2, 0.25) is 0 Å². The summed E-state index contributed by atoms with van der Waals surface area (Å²) < 4.78 is 2.49. The Hall–Kier alpha value is -1.76. The Morgan fingerprint density at radius 2 is 1.53 bits per heavy atom. The van der Waals surface area contributed by atoms with E-state index in [1.165, 1.54) is 38.5 Å². The van der Waals surface area contributed by atoms with Gasteiger partial charge in [0.05, 0.1) is 11.0 Å². The Kier molecular flexibility index (Phi) is 2.67. The summed E-state index contributed by atoms with van der Waals surface area (Å²) in [4.78, 5) is 0. The third kappa shape index (κ3) is 1.68. The molecule has 0 fully saturated rings. The Morgan fingerprint density at radius 1 is 0.842 bits per heavy atom. The van der Waals surface area contributed by atoms with Crippen LogP contribution >= 0.6 is 0 Å². The molecule has 3 aromatic rings. The van der Waals surface area contributed by atoms with Gasteiger partial charge in [0.2, 0.25) is 0 Å². The Labute approximate surface area is 114 Å². The van der Waals surface area contributed by atoms with E-state index >= 15 is 0 Å². The van der Waals surface area contributed by atoms with Crippen molar-refractivity contribution in [3.63, 3.8) is 0 Å². The van der Waals surface area contributed by atoms with Crippen molar-refractivity contribution < 1.29 is 0 Å².